The highest BCUT2D eigenvalue weighted by Gasteiger charge is 2.26. The summed E-state index contributed by atoms with van der Waals surface area (Å²) in [5.41, 5.74) is 1.19. The predicted molar refractivity (Wildman–Crippen MR) is 34.8 cm³/mol. The van der Waals surface area contributed by atoms with Crippen LogP contribution in [0, 0.1) is 0 Å². The predicted octanol–water partition coefficient (Wildman–Crippen LogP) is 0.774. The van der Waals surface area contributed by atoms with Crippen LogP contribution >= 0.6 is 0 Å². The van der Waals surface area contributed by atoms with Gasteiger partial charge in [-0.1, -0.05) is 4.85 Å². The Morgan fingerprint density at radius 1 is 1.45 bits per heavy atom. The molecule has 0 aliphatic carbocycles. The van der Waals surface area contributed by atoms with Crippen molar-refractivity contribution in [3.05, 3.63) is 12.1 Å². The molecule has 5 nitrogen and oxygen atoms in total. The monoisotopic (exact) mass is 149 g/mol. The first-order chi connectivity index (χ1) is 5.36. The van der Waals surface area contributed by atoms with Crippen LogP contribution in [0.1, 0.15) is 0 Å². The minimum Gasteiger partial charge on any atom is -0.447 e. The summed E-state index contributed by atoms with van der Waals surface area (Å²) < 4.78 is 5.04. The van der Waals surface area contributed by atoms with Crippen molar-refractivity contribution in [1.82, 2.24) is 15.2 Å². The summed E-state index contributed by atoms with van der Waals surface area (Å²) in [5.74, 6) is 1.54. The third kappa shape index (κ3) is 0.463. The highest BCUT2D eigenvalue weighted by atomic mass is 16.6. The summed E-state index contributed by atoms with van der Waals surface area (Å²) in [6, 6.07) is 3.48. The Bertz CT molecular complexity index is 448. The van der Waals surface area contributed by atoms with Crippen molar-refractivity contribution < 1.29 is 9.94 Å². The Kier molecular flexibility index (Phi) is 0.581. The average Bonchev–Trinajstić information content (AvgIpc) is 2.71. The molecule has 11 heavy (non-hydrogen) atoms. The third-order valence-electron chi connectivity index (χ3n) is 1.69. The number of benzene rings is 1. The maximum Gasteiger partial charge on any atom is 0.200 e. The summed E-state index contributed by atoms with van der Waals surface area (Å²) in [7, 11) is 0. The summed E-state index contributed by atoms with van der Waals surface area (Å²) in [5, 5.41) is 16.2. The quantitative estimate of drug-likeness (QED) is 0.379. The van der Waals surface area contributed by atoms with Crippen molar-refractivity contribution >= 4 is 11.0 Å². The fourth-order valence-corrected chi connectivity index (χ4v) is 1.10. The Balaban J connectivity index is 2.58. The van der Waals surface area contributed by atoms with E-state index in [4.69, 9.17) is 9.94 Å². The summed E-state index contributed by atoms with van der Waals surface area (Å²) >= 11 is 0. The average molecular weight is 149 g/mol. The van der Waals surface area contributed by atoms with Gasteiger partial charge in [-0.05, 0) is 17.3 Å². The number of ether oxygens (including phenoxy) is 1. The van der Waals surface area contributed by atoms with Gasteiger partial charge < -0.3 is 9.94 Å². The molecule has 0 spiro atoms. The zero-order valence-corrected chi connectivity index (χ0v) is 5.35. The molecular formula is C6H3N3O2. The molecule has 0 amide bonds. The van der Waals surface area contributed by atoms with Gasteiger partial charge in [0.2, 0.25) is 0 Å². The number of rotatable bonds is 0. The van der Waals surface area contributed by atoms with Crippen LogP contribution in [0.2, 0.25) is 0 Å². The van der Waals surface area contributed by atoms with E-state index in [0.717, 1.165) is 16.3 Å². The van der Waals surface area contributed by atoms with Crippen LogP contribution in [0.3, 0.4) is 0 Å². The van der Waals surface area contributed by atoms with E-state index in [1.165, 1.54) is 0 Å². The first-order valence-corrected chi connectivity index (χ1v) is 3.12. The molecular weight excluding hydrogens is 146 g/mol. The fraction of sp³-hybridized carbons (Fsp3) is 0. The SMILES string of the molecule is On1nnc2c3c(ccc21)O3. The Morgan fingerprint density at radius 3 is 3.27 bits per heavy atom. The molecule has 1 aromatic carbocycles. The van der Waals surface area contributed by atoms with Crippen molar-refractivity contribution in [3.63, 3.8) is 0 Å². The molecule has 1 aliphatic rings. The largest absolute Gasteiger partial charge is 0.447 e. The van der Waals surface area contributed by atoms with Crippen LogP contribution < -0.4 is 4.74 Å². The lowest BCUT2D eigenvalue weighted by molar-refractivity contribution is 0.155. The lowest BCUT2D eigenvalue weighted by Gasteiger charge is -1.83. The highest BCUT2D eigenvalue weighted by molar-refractivity contribution is 5.88. The van der Waals surface area contributed by atoms with Gasteiger partial charge in [-0.15, -0.1) is 5.10 Å². The van der Waals surface area contributed by atoms with Gasteiger partial charge in [0.1, 0.15) is 5.52 Å². The van der Waals surface area contributed by atoms with E-state index in [9.17, 15) is 0 Å². The molecule has 54 valence electrons. The van der Waals surface area contributed by atoms with E-state index >= 15 is 0 Å². The number of fused-ring (bicyclic) bond motifs is 3. The molecule has 2 heterocycles. The van der Waals surface area contributed by atoms with E-state index in [0.29, 0.717) is 11.0 Å². The molecule has 0 bridgehead atoms. The normalized spacial score (nSPS) is 12.7. The van der Waals surface area contributed by atoms with Gasteiger partial charge in [-0.3, -0.25) is 0 Å². The first-order valence-electron chi connectivity index (χ1n) is 3.12. The zero-order chi connectivity index (χ0) is 7.42. The number of hydrogen-bond acceptors (Lipinski definition) is 4. The van der Waals surface area contributed by atoms with Crippen molar-refractivity contribution in [2.24, 2.45) is 0 Å². The maximum atomic E-state index is 9.05. The van der Waals surface area contributed by atoms with Crippen molar-refractivity contribution in [1.29, 1.82) is 0 Å². The number of nitrogens with zero attached hydrogens (tertiary/aromatic N) is 3. The van der Waals surface area contributed by atoms with Crippen molar-refractivity contribution in [3.8, 4) is 11.5 Å². The molecule has 0 unspecified atom stereocenters. The molecule has 0 saturated carbocycles. The first kappa shape index (κ1) is 4.95. The Labute approximate surface area is 60.8 Å². The second-order valence-corrected chi connectivity index (χ2v) is 2.34. The van der Waals surface area contributed by atoms with E-state index in [2.05, 4.69) is 10.3 Å². The molecule has 5 heteroatoms. The van der Waals surface area contributed by atoms with Gasteiger partial charge in [-0.25, -0.2) is 0 Å². The lowest BCUT2D eigenvalue weighted by atomic mass is 10.3. The zero-order valence-electron chi connectivity index (χ0n) is 5.35. The van der Waals surface area contributed by atoms with E-state index < -0.39 is 0 Å². The van der Waals surface area contributed by atoms with Crippen LogP contribution in [0.25, 0.3) is 11.0 Å². The Hall–Kier alpha value is -1.78. The maximum absolute atomic E-state index is 9.05. The lowest BCUT2D eigenvalue weighted by Crippen LogP contribution is -1.90. The van der Waals surface area contributed by atoms with Crippen LogP contribution in [-0.4, -0.2) is 20.4 Å². The van der Waals surface area contributed by atoms with Gasteiger partial charge in [0, 0.05) is 0 Å². The van der Waals surface area contributed by atoms with E-state index in [1.807, 2.05) is 0 Å². The fourth-order valence-electron chi connectivity index (χ4n) is 1.10. The molecule has 0 fully saturated rings. The second-order valence-electron chi connectivity index (χ2n) is 2.34. The van der Waals surface area contributed by atoms with E-state index in [1.54, 1.807) is 12.1 Å². The molecule has 1 aliphatic heterocycles. The minimum absolute atomic E-state index is 0.571. The smallest absolute Gasteiger partial charge is 0.200 e. The van der Waals surface area contributed by atoms with Gasteiger partial charge in [0.05, 0.1) is 0 Å². The van der Waals surface area contributed by atoms with Gasteiger partial charge in [-0.2, -0.15) is 0 Å². The topological polar surface area (TPSA) is 63.5 Å². The Morgan fingerprint density at radius 2 is 2.36 bits per heavy atom. The molecule has 3 rings (SSSR count). The van der Waals surface area contributed by atoms with Crippen LogP contribution in [-0.2, 0) is 0 Å². The van der Waals surface area contributed by atoms with Crippen molar-refractivity contribution in [2.75, 3.05) is 0 Å². The van der Waals surface area contributed by atoms with Crippen LogP contribution in [0.4, 0.5) is 0 Å². The summed E-state index contributed by atoms with van der Waals surface area (Å²) in [6.07, 6.45) is 0. The molecule has 2 aromatic rings. The van der Waals surface area contributed by atoms with E-state index in [-0.39, 0.29) is 0 Å². The van der Waals surface area contributed by atoms with Gasteiger partial charge in [0.15, 0.2) is 17.0 Å². The molecule has 0 saturated heterocycles. The molecule has 0 radical (unpaired) electrons. The van der Waals surface area contributed by atoms with Gasteiger partial charge in [0.25, 0.3) is 0 Å². The van der Waals surface area contributed by atoms with Crippen LogP contribution in [0.15, 0.2) is 12.1 Å². The summed E-state index contributed by atoms with van der Waals surface area (Å²) in [6.45, 7) is 0. The molecule has 0 atom stereocenters. The molecule has 1 aromatic heterocycles. The van der Waals surface area contributed by atoms with Gasteiger partial charge >= 0.3 is 0 Å². The minimum atomic E-state index is 0.571. The van der Waals surface area contributed by atoms with Crippen LogP contribution in [0.5, 0.6) is 11.5 Å². The number of hydrogen-bond donors (Lipinski definition) is 1. The molecule has 1 N–H and O–H groups in total. The summed E-state index contributed by atoms with van der Waals surface area (Å²) in [4.78, 5) is 0.733. The number of aromatic nitrogens is 3. The second kappa shape index (κ2) is 1.29. The standard InChI is InChI=1S/C6H3N3O2/c10-9-3-1-2-4-6(11-4)5(3)7-8-9/h1-2,10H. The third-order valence-corrected chi connectivity index (χ3v) is 1.69. The highest BCUT2D eigenvalue weighted by Crippen LogP contribution is 2.49. The van der Waals surface area contributed by atoms with Crippen molar-refractivity contribution in [2.45, 2.75) is 0 Å².